The number of ether oxygens (including phenoxy) is 1. The summed E-state index contributed by atoms with van der Waals surface area (Å²) in [6.07, 6.45) is 4.25. The van der Waals surface area contributed by atoms with Gasteiger partial charge in [-0.15, -0.1) is 0 Å². The SMILES string of the molecule is CN1C(=O)c2cccc(OC(F)F)c2[C@H]2C[C@@H]1c1nc3ccc(-c4cnc(C5(N)C(N)CC5(C)C#N)nc4)cc3n12. The van der Waals surface area contributed by atoms with E-state index >= 15 is 0 Å². The molecule has 12 heteroatoms. The van der Waals surface area contributed by atoms with Crippen LogP contribution in [-0.2, 0) is 5.54 Å². The highest BCUT2D eigenvalue weighted by molar-refractivity contribution is 5.98. The van der Waals surface area contributed by atoms with Crippen LogP contribution in [0.4, 0.5) is 8.78 Å². The molecular formula is C29H26F2N8O2. The predicted molar refractivity (Wildman–Crippen MR) is 144 cm³/mol. The van der Waals surface area contributed by atoms with Gasteiger partial charge >= 0.3 is 6.61 Å². The van der Waals surface area contributed by atoms with Gasteiger partial charge in [0.1, 0.15) is 17.1 Å². The van der Waals surface area contributed by atoms with Crippen LogP contribution in [0.15, 0.2) is 48.8 Å². The molecule has 0 saturated heterocycles. The van der Waals surface area contributed by atoms with Gasteiger partial charge in [0.2, 0.25) is 0 Å². The molecule has 1 fully saturated rings. The molecule has 4 N–H and O–H groups in total. The zero-order valence-electron chi connectivity index (χ0n) is 22.3. The van der Waals surface area contributed by atoms with Crippen LogP contribution in [0.5, 0.6) is 5.75 Å². The Morgan fingerprint density at radius 3 is 2.61 bits per heavy atom. The number of carbonyl (C=O) groups excluding carboxylic acids is 1. The molecule has 1 aliphatic carbocycles. The molecule has 3 aliphatic rings. The van der Waals surface area contributed by atoms with E-state index in [1.165, 1.54) is 6.07 Å². The van der Waals surface area contributed by atoms with E-state index in [1.807, 2.05) is 22.8 Å². The Bertz CT molecular complexity index is 1780. The summed E-state index contributed by atoms with van der Waals surface area (Å²) >= 11 is 0. The molecule has 1 amide bonds. The molecule has 208 valence electrons. The van der Waals surface area contributed by atoms with E-state index < -0.39 is 29.6 Å². The molecule has 2 aliphatic heterocycles. The highest BCUT2D eigenvalue weighted by Gasteiger charge is 2.63. The third-order valence-corrected chi connectivity index (χ3v) is 9.13. The number of nitrogens with two attached hydrogens (primary N) is 2. The maximum atomic E-state index is 13.4. The van der Waals surface area contributed by atoms with Crippen molar-refractivity contribution in [3.05, 3.63) is 71.6 Å². The topological polar surface area (TPSA) is 149 Å². The third kappa shape index (κ3) is 3.33. The fraction of sp³-hybridized carbons (Fsp3) is 0.345. The van der Waals surface area contributed by atoms with Crippen molar-refractivity contribution in [3.63, 3.8) is 0 Å². The Hall–Kier alpha value is -4.47. The fourth-order valence-electron chi connectivity index (χ4n) is 6.75. The lowest BCUT2D eigenvalue weighted by Crippen LogP contribution is -2.72. The fourth-order valence-corrected chi connectivity index (χ4v) is 6.75. The summed E-state index contributed by atoms with van der Waals surface area (Å²) in [5.41, 5.74) is 14.5. The molecule has 10 nitrogen and oxygen atoms in total. The van der Waals surface area contributed by atoms with Crippen molar-refractivity contribution in [2.45, 2.75) is 50.0 Å². The number of halogens is 2. The van der Waals surface area contributed by atoms with Crippen LogP contribution >= 0.6 is 0 Å². The van der Waals surface area contributed by atoms with Crippen molar-refractivity contribution in [1.82, 2.24) is 24.4 Å². The Labute approximate surface area is 233 Å². The standard InChI is InChI=1S/C29H26F2N8O2/c1-28(13-32)10-22(33)29(28,34)26-35-11-15(12-36-26)14-6-7-17-18(8-14)39-19-9-20(24(39)37-17)38(2)25(40)16-4-3-5-21(23(16)19)41-27(30)31/h3-8,11-12,19-20,22,27H,9-10,33-34H2,1-2H3/t19-,20-,22?,28?,29?/m1/s1. The number of benzene rings is 2. The Balaban J connectivity index is 1.33. The van der Waals surface area contributed by atoms with Crippen LogP contribution in [0, 0.1) is 16.7 Å². The summed E-state index contributed by atoms with van der Waals surface area (Å²) in [4.78, 5) is 28.8. The highest BCUT2D eigenvalue weighted by atomic mass is 19.3. The second kappa shape index (κ2) is 8.52. The van der Waals surface area contributed by atoms with E-state index in [4.69, 9.17) is 21.2 Å². The lowest BCUT2D eigenvalue weighted by Gasteiger charge is -2.54. The third-order valence-electron chi connectivity index (χ3n) is 9.13. The number of carbonyl (C=O) groups is 1. The number of hydrogen-bond acceptors (Lipinski definition) is 8. The summed E-state index contributed by atoms with van der Waals surface area (Å²) in [7, 11) is 1.70. The van der Waals surface area contributed by atoms with Gasteiger partial charge in [-0.2, -0.15) is 14.0 Å². The molecule has 4 aromatic rings. The number of fused-ring (bicyclic) bond motifs is 9. The van der Waals surface area contributed by atoms with E-state index in [2.05, 4.69) is 16.0 Å². The maximum absolute atomic E-state index is 13.4. The van der Waals surface area contributed by atoms with Crippen molar-refractivity contribution < 1.29 is 18.3 Å². The minimum atomic E-state index is -3.03. The van der Waals surface area contributed by atoms with Gasteiger partial charge in [0, 0.05) is 48.6 Å². The lowest BCUT2D eigenvalue weighted by molar-refractivity contribution is -0.0507. The van der Waals surface area contributed by atoms with Crippen LogP contribution in [0.2, 0.25) is 0 Å². The van der Waals surface area contributed by atoms with Crippen molar-refractivity contribution >= 4 is 16.9 Å². The smallest absolute Gasteiger partial charge is 0.387 e. The van der Waals surface area contributed by atoms with Crippen LogP contribution in [0.25, 0.3) is 22.2 Å². The second-order valence-corrected chi connectivity index (χ2v) is 11.2. The van der Waals surface area contributed by atoms with E-state index in [0.29, 0.717) is 46.7 Å². The Morgan fingerprint density at radius 1 is 1.17 bits per heavy atom. The number of aromatic nitrogens is 4. The van der Waals surface area contributed by atoms with Gasteiger partial charge in [0.15, 0.2) is 5.82 Å². The summed E-state index contributed by atoms with van der Waals surface area (Å²) < 4.78 is 33.6. The summed E-state index contributed by atoms with van der Waals surface area (Å²) in [6, 6.07) is 11.4. The lowest BCUT2D eigenvalue weighted by atomic mass is 9.53. The van der Waals surface area contributed by atoms with Crippen molar-refractivity contribution in [2.24, 2.45) is 16.9 Å². The second-order valence-electron chi connectivity index (χ2n) is 11.2. The van der Waals surface area contributed by atoms with Gasteiger partial charge in [0.05, 0.1) is 34.6 Å². The van der Waals surface area contributed by atoms with E-state index in [9.17, 15) is 18.8 Å². The number of hydrogen-bond donors (Lipinski definition) is 2. The average Bonchev–Trinajstić information content (AvgIpc) is 3.49. The van der Waals surface area contributed by atoms with Gasteiger partial charge in [-0.05, 0) is 43.2 Å². The van der Waals surface area contributed by atoms with Gasteiger partial charge in [-0.3, -0.25) is 4.79 Å². The molecule has 3 unspecified atom stereocenters. The van der Waals surface area contributed by atoms with E-state index in [0.717, 1.165) is 11.1 Å². The number of alkyl halides is 2. The number of nitrogens with zero attached hydrogens (tertiary/aromatic N) is 6. The van der Waals surface area contributed by atoms with Crippen LogP contribution in [-0.4, -0.2) is 50.0 Å². The van der Waals surface area contributed by atoms with Crippen molar-refractivity contribution in [2.75, 3.05) is 7.05 Å². The maximum Gasteiger partial charge on any atom is 0.387 e. The Morgan fingerprint density at radius 2 is 1.93 bits per heavy atom. The molecule has 0 radical (unpaired) electrons. The highest BCUT2D eigenvalue weighted by Crippen LogP contribution is 2.52. The molecule has 7 rings (SSSR count). The minimum absolute atomic E-state index is 0.0194. The zero-order valence-corrected chi connectivity index (χ0v) is 22.3. The first-order chi connectivity index (χ1) is 19.6. The molecule has 2 aromatic heterocycles. The van der Waals surface area contributed by atoms with Crippen LogP contribution < -0.4 is 16.2 Å². The number of rotatable bonds is 4. The summed E-state index contributed by atoms with van der Waals surface area (Å²) in [6.45, 7) is -1.27. The molecule has 1 saturated carbocycles. The first kappa shape index (κ1) is 25.5. The largest absolute Gasteiger partial charge is 0.434 e. The molecule has 5 atom stereocenters. The van der Waals surface area contributed by atoms with Crippen molar-refractivity contribution in [3.8, 4) is 22.9 Å². The first-order valence-electron chi connectivity index (χ1n) is 13.2. The molecule has 0 spiro atoms. The normalized spacial score (nSPS) is 28.2. The molecule has 2 aromatic carbocycles. The first-order valence-corrected chi connectivity index (χ1v) is 13.2. The number of nitriles is 1. The number of imidazole rings is 1. The quantitative estimate of drug-likeness (QED) is 0.387. The summed E-state index contributed by atoms with van der Waals surface area (Å²) in [5, 5.41) is 9.67. The minimum Gasteiger partial charge on any atom is -0.434 e. The van der Waals surface area contributed by atoms with E-state index in [1.54, 1.807) is 43.4 Å². The molecule has 4 heterocycles. The van der Waals surface area contributed by atoms with Gasteiger partial charge in [0.25, 0.3) is 5.91 Å². The average molecular weight is 557 g/mol. The van der Waals surface area contributed by atoms with Gasteiger partial charge in [-0.1, -0.05) is 12.1 Å². The van der Waals surface area contributed by atoms with Crippen molar-refractivity contribution in [1.29, 1.82) is 5.26 Å². The molecule has 41 heavy (non-hydrogen) atoms. The molecule has 2 bridgehead atoms. The van der Waals surface area contributed by atoms with Crippen LogP contribution in [0.3, 0.4) is 0 Å². The van der Waals surface area contributed by atoms with Gasteiger partial charge < -0.3 is 25.7 Å². The monoisotopic (exact) mass is 556 g/mol. The molecular weight excluding hydrogens is 530 g/mol. The van der Waals surface area contributed by atoms with Crippen LogP contribution in [0.1, 0.15) is 59.4 Å². The zero-order chi connectivity index (χ0) is 28.8. The Kier molecular flexibility index (Phi) is 5.30. The predicted octanol–water partition coefficient (Wildman–Crippen LogP) is 3.63. The number of amides is 1. The summed E-state index contributed by atoms with van der Waals surface area (Å²) in [5.74, 6) is 0.715. The van der Waals surface area contributed by atoms with E-state index in [-0.39, 0.29) is 17.7 Å². The van der Waals surface area contributed by atoms with Gasteiger partial charge in [-0.25, -0.2) is 15.0 Å².